The van der Waals surface area contributed by atoms with E-state index in [-0.39, 0.29) is 34.4 Å². The molecule has 0 aromatic carbocycles. The molecule has 0 bridgehead atoms. The number of ketones is 1. The van der Waals surface area contributed by atoms with E-state index in [2.05, 4.69) is 27.7 Å². The molecule has 4 aliphatic rings. The first-order valence-electron chi connectivity index (χ1n) is 13.1. The zero-order valence-corrected chi connectivity index (χ0v) is 21.1. The van der Waals surface area contributed by atoms with Crippen LogP contribution in [0.25, 0.3) is 0 Å². The molecule has 0 spiro atoms. The molecule has 1 N–H and O–H groups in total. The topological polar surface area (TPSA) is 63.6 Å². The van der Waals surface area contributed by atoms with Gasteiger partial charge < -0.3 is 9.84 Å². The van der Waals surface area contributed by atoms with Crippen molar-refractivity contribution >= 4 is 11.8 Å². The Bertz CT molecular complexity index is 801. The number of hydrogen-bond acceptors (Lipinski definition) is 4. The smallest absolute Gasteiger partial charge is 0.317 e. The van der Waals surface area contributed by atoms with Crippen LogP contribution >= 0.6 is 0 Å². The molecule has 4 fully saturated rings. The van der Waals surface area contributed by atoms with Crippen LogP contribution in [-0.4, -0.2) is 30.1 Å². The van der Waals surface area contributed by atoms with E-state index < -0.39 is 11.5 Å². The minimum Gasteiger partial charge on any atom is -0.468 e. The molecule has 180 valence electrons. The summed E-state index contributed by atoms with van der Waals surface area (Å²) in [5, 5.41) is 10.7. The van der Waals surface area contributed by atoms with Gasteiger partial charge in [0.2, 0.25) is 0 Å². The number of Topliss-reactive ketones (excluding diaryl/α,β-unsaturated/α-hetero) is 1. The lowest BCUT2D eigenvalue weighted by molar-refractivity contribution is -0.191. The molecule has 2 unspecified atom stereocenters. The van der Waals surface area contributed by atoms with Crippen molar-refractivity contribution in [1.29, 1.82) is 0 Å². The zero-order valence-electron chi connectivity index (χ0n) is 21.1. The lowest BCUT2D eigenvalue weighted by Gasteiger charge is -2.64. The molecule has 32 heavy (non-hydrogen) atoms. The fourth-order valence-corrected chi connectivity index (χ4v) is 9.52. The van der Waals surface area contributed by atoms with Gasteiger partial charge in [0.15, 0.2) is 5.78 Å². The Morgan fingerprint density at radius 3 is 2.53 bits per heavy atom. The monoisotopic (exact) mass is 444 g/mol. The highest BCUT2D eigenvalue weighted by Gasteiger charge is 2.71. The molecular formula is C28H44O4. The predicted octanol–water partition coefficient (Wildman–Crippen LogP) is 5.72. The first-order chi connectivity index (χ1) is 15.1. The Morgan fingerprint density at radius 2 is 1.91 bits per heavy atom. The molecule has 0 aromatic rings. The standard InChI is InChI=1S/C28H44O4/c1-7-9-17(3)20-10-11-21-23-22(13-14-26(20,21)4)27(5)15-12-18(29)16-28(27,25(31)32-6)19(8-2)24(23)30/h8,17-18,20-23,29H,7,9-16H2,1-6H3/t17-,18?,20-,21+,22+,23+,26-,27-,28?/m1/s1. The summed E-state index contributed by atoms with van der Waals surface area (Å²) in [6.45, 7) is 11.3. The zero-order chi connectivity index (χ0) is 23.5. The molecule has 0 radical (unpaired) electrons. The molecule has 9 atom stereocenters. The van der Waals surface area contributed by atoms with Gasteiger partial charge in [-0.25, -0.2) is 0 Å². The SMILES string of the molecule is CC=C1C(=O)[C@H]2[C@@H]3CC[C@H]([C@H](C)CCC)[C@@]3(C)CC[C@@H]2[C@@]2(C)CCC(O)CC12C(=O)OC. The van der Waals surface area contributed by atoms with Gasteiger partial charge in [-0.1, -0.05) is 46.6 Å². The van der Waals surface area contributed by atoms with Gasteiger partial charge in [-0.3, -0.25) is 9.59 Å². The van der Waals surface area contributed by atoms with Crippen molar-refractivity contribution in [1.82, 2.24) is 0 Å². The highest BCUT2D eigenvalue weighted by molar-refractivity contribution is 6.06. The van der Waals surface area contributed by atoms with Crippen molar-refractivity contribution in [3.05, 3.63) is 11.6 Å². The number of fused-ring (bicyclic) bond motifs is 5. The second-order valence-electron chi connectivity index (χ2n) is 12.0. The quantitative estimate of drug-likeness (QED) is 0.445. The Morgan fingerprint density at radius 1 is 1.19 bits per heavy atom. The van der Waals surface area contributed by atoms with Crippen LogP contribution < -0.4 is 0 Å². The van der Waals surface area contributed by atoms with Crippen molar-refractivity contribution in [2.75, 3.05) is 7.11 Å². The summed E-state index contributed by atoms with van der Waals surface area (Å²) in [7, 11) is 1.43. The van der Waals surface area contributed by atoms with Crippen LogP contribution in [0.4, 0.5) is 0 Å². The Kier molecular flexibility index (Phi) is 6.18. The Labute approximate surface area is 194 Å². The molecule has 4 aliphatic carbocycles. The summed E-state index contributed by atoms with van der Waals surface area (Å²) in [5.74, 6) is 1.80. The predicted molar refractivity (Wildman–Crippen MR) is 126 cm³/mol. The number of ether oxygens (including phenoxy) is 1. The number of rotatable bonds is 4. The van der Waals surface area contributed by atoms with Gasteiger partial charge in [0.05, 0.1) is 13.2 Å². The second kappa shape index (κ2) is 8.25. The van der Waals surface area contributed by atoms with Gasteiger partial charge in [-0.05, 0) is 86.4 Å². The third-order valence-corrected chi connectivity index (χ3v) is 11.0. The molecule has 0 amide bonds. The molecule has 0 heterocycles. The lowest BCUT2D eigenvalue weighted by Crippen LogP contribution is -2.66. The molecule has 4 rings (SSSR count). The van der Waals surface area contributed by atoms with Crippen LogP contribution in [0.1, 0.15) is 92.4 Å². The summed E-state index contributed by atoms with van der Waals surface area (Å²) in [5.41, 5.74) is -0.539. The second-order valence-corrected chi connectivity index (χ2v) is 12.0. The fraction of sp³-hybridized carbons (Fsp3) is 0.857. The molecule has 0 aliphatic heterocycles. The molecule has 0 aromatic heterocycles. The summed E-state index contributed by atoms with van der Waals surface area (Å²) < 4.78 is 5.36. The van der Waals surface area contributed by atoms with Gasteiger partial charge in [-0.15, -0.1) is 0 Å². The van der Waals surface area contributed by atoms with E-state index in [1.54, 1.807) is 0 Å². The number of aliphatic hydroxyl groups excluding tert-OH is 1. The van der Waals surface area contributed by atoms with E-state index in [0.29, 0.717) is 36.2 Å². The van der Waals surface area contributed by atoms with Gasteiger partial charge in [0, 0.05) is 11.5 Å². The maximum Gasteiger partial charge on any atom is 0.317 e. The van der Waals surface area contributed by atoms with E-state index in [9.17, 15) is 14.7 Å². The van der Waals surface area contributed by atoms with Crippen LogP contribution in [0.2, 0.25) is 0 Å². The number of carbonyl (C=O) groups is 2. The van der Waals surface area contributed by atoms with Crippen molar-refractivity contribution in [2.45, 2.75) is 98.5 Å². The summed E-state index contributed by atoms with van der Waals surface area (Å²) >= 11 is 0. The van der Waals surface area contributed by atoms with Crippen LogP contribution in [0.5, 0.6) is 0 Å². The highest BCUT2D eigenvalue weighted by Crippen LogP contribution is 2.71. The molecular weight excluding hydrogens is 400 g/mol. The summed E-state index contributed by atoms with van der Waals surface area (Å²) in [6.07, 6.45) is 10.1. The third kappa shape index (κ3) is 2.96. The number of allylic oxidation sites excluding steroid dienone is 1. The normalized spacial score (nSPS) is 48.0. The highest BCUT2D eigenvalue weighted by atomic mass is 16.5. The minimum atomic E-state index is -1.02. The van der Waals surface area contributed by atoms with Crippen molar-refractivity contribution < 1.29 is 19.4 Å². The van der Waals surface area contributed by atoms with Crippen LogP contribution in [0.15, 0.2) is 11.6 Å². The van der Waals surface area contributed by atoms with Gasteiger partial charge in [0.25, 0.3) is 0 Å². The van der Waals surface area contributed by atoms with Gasteiger partial charge in [-0.2, -0.15) is 0 Å². The van der Waals surface area contributed by atoms with Crippen molar-refractivity contribution in [3.8, 4) is 0 Å². The lowest BCUT2D eigenvalue weighted by atomic mass is 9.38. The summed E-state index contributed by atoms with van der Waals surface area (Å²) in [6, 6.07) is 0. The number of hydrogen-bond donors (Lipinski definition) is 1. The Balaban J connectivity index is 1.81. The van der Waals surface area contributed by atoms with Crippen molar-refractivity contribution in [2.24, 2.45) is 45.8 Å². The maximum atomic E-state index is 14.2. The number of carbonyl (C=O) groups excluding carboxylic acids is 2. The minimum absolute atomic E-state index is 0.00296. The molecule has 4 heteroatoms. The maximum absolute atomic E-state index is 14.2. The van der Waals surface area contributed by atoms with Crippen LogP contribution in [0, 0.1) is 45.8 Å². The van der Waals surface area contributed by atoms with E-state index in [1.807, 2.05) is 13.0 Å². The first kappa shape index (κ1) is 24.0. The van der Waals surface area contributed by atoms with E-state index in [0.717, 1.165) is 25.7 Å². The van der Waals surface area contributed by atoms with E-state index >= 15 is 0 Å². The average molecular weight is 445 g/mol. The van der Waals surface area contributed by atoms with Gasteiger partial charge in [0.1, 0.15) is 5.41 Å². The molecule has 0 saturated heterocycles. The fourth-order valence-electron chi connectivity index (χ4n) is 9.52. The number of methoxy groups -OCH3 is 1. The van der Waals surface area contributed by atoms with Gasteiger partial charge >= 0.3 is 5.97 Å². The van der Waals surface area contributed by atoms with Crippen LogP contribution in [-0.2, 0) is 14.3 Å². The Hall–Kier alpha value is -1.16. The molecule has 4 nitrogen and oxygen atoms in total. The molecule has 4 saturated carbocycles. The number of aliphatic hydroxyl groups is 1. The van der Waals surface area contributed by atoms with Crippen molar-refractivity contribution in [3.63, 3.8) is 0 Å². The number of esters is 1. The first-order valence-corrected chi connectivity index (χ1v) is 13.1. The van der Waals surface area contributed by atoms with Crippen LogP contribution in [0.3, 0.4) is 0 Å². The largest absolute Gasteiger partial charge is 0.468 e. The summed E-state index contributed by atoms with van der Waals surface area (Å²) in [4.78, 5) is 27.7. The third-order valence-electron chi connectivity index (χ3n) is 11.0. The van der Waals surface area contributed by atoms with E-state index in [1.165, 1.54) is 26.4 Å². The average Bonchev–Trinajstić information content (AvgIpc) is 3.12. The van der Waals surface area contributed by atoms with E-state index in [4.69, 9.17) is 4.74 Å².